The molecule has 5 amide bonds. The topological polar surface area (TPSA) is 262 Å². The van der Waals surface area contributed by atoms with Gasteiger partial charge in [-0.15, -0.1) is 0 Å². The van der Waals surface area contributed by atoms with Crippen molar-refractivity contribution in [3.05, 3.63) is 90.6 Å². The van der Waals surface area contributed by atoms with Gasteiger partial charge in [-0.3, -0.25) is 38.4 Å². The van der Waals surface area contributed by atoms with Crippen LogP contribution in [0, 0.1) is 0 Å². The van der Waals surface area contributed by atoms with Gasteiger partial charge in [-0.1, -0.05) is 164 Å². The molecule has 0 unspecified atom stereocenters. The van der Waals surface area contributed by atoms with Crippen molar-refractivity contribution in [3.8, 4) is 0 Å². The highest BCUT2D eigenvalue weighted by Crippen LogP contribution is 2.16. The lowest BCUT2D eigenvalue weighted by Gasteiger charge is -2.25. The van der Waals surface area contributed by atoms with Crippen molar-refractivity contribution in [1.29, 1.82) is 0 Å². The van der Waals surface area contributed by atoms with Crippen LogP contribution in [0.3, 0.4) is 0 Å². The molecule has 3 rings (SSSR count). The van der Waals surface area contributed by atoms with E-state index in [9.17, 15) is 43.5 Å². The summed E-state index contributed by atoms with van der Waals surface area (Å²) in [5.74, 6) is -4.02. The molecule has 3 aromatic rings. The zero-order valence-corrected chi connectivity index (χ0v) is 53.6. The molecule has 2 aromatic carbocycles. The van der Waals surface area contributed by atoms with Crippen LogP contribution < -0.4 is 21.3 Å². The summed E-state index contributed by atoms with van der Waals surface area (Å²) in [7, 11) is 0. The van der Waals surface area contributed by atoms with Crippen molar-refractivity contribution >= 4 is 172 Å². The van der Waals surface area contributed by atoms with Crippen molar-refractivity contribution in [3.63, 3.8) is 0 Å². The van der Waals surface area contributed by atoms with E-state index in [1.54, 1.807) is 58.3 Å². The van der Waals surface area contributed by atoms with Gasteiger partial charge in [-0.05, 0) is 50.1 Å². The molecule has 1 aromatic heterocycles. The normalized spacial score (nSPS) is 10.5. The Balaban J connectivity index is 1.59. The molecular weight excluding hydrogens is 1240 g/mol. The molecule has 0 fully saturated rings. The van der Waals surface area contributed by atoms with E-state index in [0.717, 1.165) is 65.5 Å². The van der Waals surface area contributed by atoms with Gasteiger partial charge in [0.25, 0.3) is 0 Å². The number of aliphatic hydroxyl groups excluding tert-OH is 1. The Labute approximate surface area is 529 Å². The lowest BCUT2D eigenvalue weighted by molar-refractivity contribution is -0.141. The maximum absolute atomic E-state index is 13.3. The lowest BCUT2D eigenvalue weighted by atomic mass is 10.2. The number of carbonyl (C=O) groups is 8. The average molecular weight is 1310 g/mol. The molecule has 5 N–H and O–H groups in total. The molecule has 30 heteroatoms. The van der Waals surface area contributed by atoms with Crippen molar-refractivity contribution in [2.24, 2.45) is 0 Å². The number of carbonyl (C=O) groups excluding carboxylic acids is 8. The Hall–Kier alpha value is -5.73. The fraction of sp³-hybridized carbons (Fsp3) is 0.463. The number of esters is 3. The SMILES string of the molecule is CCCCNC(=O)CN(CCO)C(=S)SCC(=O)OCCN(CC(=O)Nc1ccccn1)C(=S)SCC(=O)OCCN(CC(=O)Nc1ccccc1)C(=S)SCC(=O)OCCN(CC(=O)NCc1ccccc1)C(=S)SCC(=O)N(CC)CC. The fourth-order valence-electron chi connectivity index (χ4n) is 6.86. The monoisotopic (exact) mass is 1310 g/mol. The van der Waals surface area contributed by atoms with Crippen LogP contribution in [-0.4, -0.2) is 221 Å². The highest BCUT2D eigenvalue weighted by atomic mass is 32.2. The predicted octanol–water partition coefficient (Wildman–Crippen LogP) is 4.66. The first-order valence-electron chi connectivity index (χ1n) is 26.6. The number of aliphatic hydroxyl groups is 1. The van der Waals surface area contributed by atoms with E-state index in [1.807, 2.05) is 51.1 Å². The third-order valence-electron chi connectivity index (χ3n) is 11.2. The quantitative estimate of drug-likeness (QED) is 0.0229. The average Bonchev–Trinajstić information content (AvgIpc) is 3.52. The van der Waals surface area contributed by atoms with Gasteiger partial charge in [-0.2, -0.15) is 0 Å². The Kier molecular flexibility index (Phi) is 37.1. The van der Waals surface area contributed by atoms with E-state index in [4.69, 9.17) is 63.1 Å². The summed E-state index contributed by atoms with van der Waals surface area (Å²) in [6, 6.07) is 23.1. The molecule has 0 atom stereocenters. The zero-order valence-electron chi connectivity index (χ0n) is 47.0. The largest absolute Gasteiger partial charge is 0.463 e. The van der Waals surface area contributed by atoms with Crippen LogP contribution in [0.25, 0.3) is 0 Å². The number of rotatable bonds is 36. The molecule has 0 radical (unpaired) electrons. The number of thioether (sulfide) groups is 4. The maximum Gasteiger partial charge on any atom is 0.316 e. The number of anilines is 2. The second-order valence-corrected chi connectivity index (χ2v) is 23.9. The number of nitrogens with zero attached hydrogens (tertiary/aromatic N) is 6. The first-order chi connectivity index (χ1) is 40.4. The minimum absolute atomic E-state index is 0.0464. The Bertz CT molecular complexity index is 2620. The molecule has 0 aliphatic heterocycles. The molecule has 0 bridgehead atoms. The highest BCUT2D eigenvalue weighted by molar-refractivity contribution is 8.24. The Morgan fingerprint density at radius 3 is 1.39 bits per heavy atom. The van der Waals surface area contributed by atoms with E-state index in [0.29, 0.717) is 25.3 Å². The van der Waals surface area contributed by atoms with Crippen LogP contribution in [-0.2, 0) is 59.1 Å². The number of hydrogen-bond acceptors (Lipinski definition) is 21. The molecule has 0 saturated heterocycles. The van der Waals surface area contributed by atoms with Gasteiger partial charge in [0.15, 0.2) is 0 Å². The Morgan fingerprint density at radius 1 is 0.512 bits per heavy atom. The van der Waals surface area contributed by atoms with Crippen LogP contribution in [0.15, 0.2) is 85.1 Å². The highest BCUT2D eigenvalue weighted by Gasteiger charge is 2.23. The molecule has 22 nitrogen and oxygen atoms in total. The molecule has 458 valence electrons. The van der Waals surface area contributed by atoms with Gasteiger partial charge in [0.1, 0.15) is 42.9 Å². The number of hydrogen-bond donors (Lipinski definition) is 5. The van der Waals surface area contributed by atoms with Crippen LogP contribution >= 0.6 is 95.9 Å². The minimum Gasteiger partial charge on any atom is -0.463 e. The molecule has 0 aliphatic carbocycles. The predicted molar refractivity (Wildman–Crippen MR) is 349 cm³/mol. The van der Waals surface area contributed by atoms with Crippen molar-refractivity contribution in [2.45, 2.75) is 40.2 Å². The number of amides is 5. The molecule has 0 saturated carbocycles. The van der Waals surface area contributed by atoms with Crippen LogP contribution in [0.1, 0.15) is 39.2 Å². The Morgan fingerprint density at radius 2 is 0.940 bits per heavy atom. The molecule has 0 aliphatic rings. The molecule has 0 spiro atoms. The first-order valence-corrected chi connectivity index (χ1v) is 32.2. The number of pyridine rings is 1. The number of para-hydroxylation sites is 1. The second kappa shape index (κ2) is 43.0. The van der Waals surface area contributed by atoms with Crippen LogP contribution in [0.2, 0.25) is 0 Å². The fourth-order valence-corrected chi connectivity index (χ4v) is 10.9. The summed E-state index contributed by atoms with van der Waals surface area (Å²) in [6.45, 7) is 6.00. The smallest absolute Gasteiger partial charge is 0.316 e. The molecule has 84 heavy (non-hydrogen) atoms. The van der Waals surface area contributed by atoms with Crippen molar-refractivity contribution in [2.75, 3.05) is 132 Å². The van der Waals surface area contributed by atoms with Crippen molar-refractivity contribution in [1.82, 2.24) is 40.1 Å². The standard InChI is InChI=1S/C54H72N10O12S8/c1-4-7-21-56-43(66)32-61(23-27-65)51(77)82-37-48(71)76-30-26-64(35-46(69)59-42-20-14-15-22-55-42)54(80)84-39-50(73)75-29-25-63(34-45(68)58-41-18-12-9-13-19-41)53(79)83-38-49(72)74-28-24-62(52(78)81-36-47(70)60(5-2)6-3)33-44(67)57-31-40-16-10-8-11-17-40/h8-20,22,65H,4-7,21,23-39H2,1-3H3,(H,56,66)(H,57,67)(H,58,68)(H,55,59,69). The van der Waals surface area contributed by atoms with Gasteiger partial charge >= 0.3 is 17.9 Å². The summed E-state index contributed by atoms with van der Waals surface area (Å²) in [5.41, 5.74) is 1.43. The summed E-state index contributed by atoms with van der Waals surface area (Å²) in [4.78, 5) is 116. The lowest BCUT2D eigenvalue weighted by Crippen LogP contribution is -2.41. The van der Waals surface area contributed by atoms with Gasteiger partial charge in [0.2, 0.25) is 29.5 Å². The first kappa shape index (κ1) is 72.5. The number of benzene rings is 2. The number of unbranched alkanes of at least 4 members (excludes halogenated alkanes) is 1. The minimum atomic E-state index is -0.694. The van der Waals surface area contributed by atoms with E-state index in [1.165, 1.54) is 20.9 Å². The van der Waals surface area contributed by atoms with Gasteiger partial charge in [0, 0.05) is 44.6 Å². The second-order valence-electron chi connectivity index (χ2n) is 17.5. The van der Waals surface area contributed by atoms with Crippen molar-refractivity contribution < 1.29 is 57.7 Å². The third-order valence-corrected chi connectivity index (χ3v) is 17.2. The molecular formula is C54H72N10O12S8. The number of aromatic nitrogens is 1. The van der Waals surface area contributed by atoms with Gasteiger partial charge in [-0.25, -0.2) is 4.98 Å². The summed E-state index contributed by atoms with van der Waals surface area (Å²) in [5, 5.41) is 20.7. The summed E-state index contributed by atoms with van der Waals surface area (Å²) < 4.78 is 17.3. The zero-order chi connectivity index (χ0) is 61.5. The maximum atomic E-state index is 13.3. The number of ether oxygens (including phenoxy) is 3. The molecule has 1 heterocycles. The van der Waals surface area contributed by atoms with Gasteiger partial charge < -0.3 is 65.1 Å². The summed E-state index contributed by atoms with van der Waals surface area (Å²) in [6.07, 6.45) is 3.23. The van der Waals surface area contributed by atoms with Crippen LogP contribution in [0.4, 0.5) is 11.5 Å². The van der Waals surface area contributed by atoms with E-state index < -0.39 is 29.7 Å². The van der Waals surface area contributed by atoms with Crippen LogP contribution in [0.5, 0.6) is 0 Å². The van der Waals surface area contributed by atoms with E-state index >= 15 is 0 Å². The number of thiocarbonyl (C=S) groups is 4. The van der Waals surface area contributed by atoms with Gasteiger partial charge in [0.05, 0.1) is 75.4 Å². The number of nitrogens with one attached hydrogen (secondary N) is 4. The summed E-state index contributed by atoms with van der Waals surface area (Å²) >= 11 is 26.3. The third kappa shape index (κ3) is 31.4. The van der Waals surface area contributed by atoms with E-state index in [-0.39, 0.29) is 149 Å². The van der Waals surface area contributed by atoms with E-state index in [2.05, 4.69) is 26.3 Å².